The summed E-state index contributed by atoms with van der Waals surface area (Å²) >= 11 is 7.37. The van der Waals surface area contributed by atoms with Crippen LogP contribution in [0, 0.1) is 11.6 Å². The van der Waals surface area contributed by atoms with Gasteiger partial charge in [0.2, 0.25) is 11.8 Å². The van der Waals surface area contributed by atoms with E-state index in [1.165, 1.54) is 34.9 Å². The van der Waals surface area contributed by atoms with E-state index >= 15 is 0 Å². The Bertz CT molecular complexity index is 1220. The molecule has 1 atom stereocenters. The minimum absolute atomic E-state index is 0.0128. The third-order valence-electron chi connectivity index (χ3n) is 6.80. The van der Waals surface area contributed by atoms with Crippen LogP contribution in [0.4, 0.5) is 8.78 Å². The molecule has 2 amide bonds. The van der Waals surface area contributed by atoms with Gasteiger partial charge in [0.1, 0.15) is 17.7 Å². The maximum atomic E-state index is 14.7. The first-order valence-electron chi connectivity index (χ1n) is 12.8. The molecule has 0 aromatic heterocycles. The molecule has 1 fully saturated rings. The lowest BCUT2D eigenvalue weighted by Crippen LogP contribution is -2.52. The minimum Gasteiger partial charge on any atom is -0.352 e. The summed E-state index contributed by atoms with van der Waals surface area (Å²) in [5.41, 5.74) is 1.55. The number of carbonyl (C=O) groups excluding carboxylic acids is 2. The Labute approximate surface area is 231 Å². The van der Waals surface area contributed by atoms with E-state index in [2.05, 4.69) is 5.32 Å². The fraction of sp³-hybridized carbons (Fsp3) is 0.333. The maximum Gasteiger partial charge on any atom is 0.243 e. The first-order chi connectivity index (χ1) is 18.4. The molecular weight excluding hydrogens is 526 g/mol. The van der Waals surface area contributed by atoms with Crippen molar-refractivity contribution in [3.63, 3.8) is 0 Å². The second-order valence-electron chi connectivity index (χ2n) is 9.50. The molecule has 1 aliphatic carbocycles. The number of benzene rings is 3. The van der Waals surface area contributed by atoms with E-state index in [0.717, 1.165) is 31.2 Å². The zero-order valence-electron chi connectivity index (χ0n) is 21.0. The summed E-state index contributed by atoms with van der Waals surface area (Å²) in [4.78, 5) is 28.8. The molecule has 0 heterocycles. The lowest BCUT2D eigenvalue weighted by Gasteiger charge is -2.32. The molecule has 0 saturated heterocycles. The minimum atomic E-state index is -0.831. The topological polar surface area (TPSA) is 49.4 Å². The Kier molecular flexibility index (Phi) is 10.2. The van der Waals surface area contributed by atoms with E-state index in [1.54, 1.807) is 24.3 Å². The number of rotatable bonds is 11. The van der Waals surface area contributed by atoms with Crippen molar-refractivity contribution >= 4 is 35.2 Å². The lowest BCUT2D eigenvalue weighted by atomic mass is 10.0. The van der Waals surface area contributed by atoms with E-state index in [1.807, 2.05) is 30.3 Å². The van der Waals surface area contributed by atoms with Gasteiger partial charge in [0, 0.05) is 40.9 Å². The number of thioether (sulfide) groups is 1. The number of hydrogen-bond donors (Lipinski definition) is 1. The summed E-state index contributed by atoms with van der Waals surface area (Å²) in [5, 5.41) is 3.43. The van der Waals surface area contributed by atoms with Crippen LogP contribution in [0.2, 0.25) is 5.02 Å². The second-order valence-corrected chi connectivity index (χ2v) is 10.9. The molecule has 0 spiro atoms. The lowest BCUT2D eigenvalue weighted by molar-refractivity contribution is -0.139. The highest BCUT2D eigenvalue weighted by Gasteiger charge is 2.32. The molecule has 1 saturated carbocycles. The van der Waals surface area contributed by atoms with Gasteiger partial charge < -0.3 is 10.2 Å². The molecule has 0 radical (unpaired) electrons. The molecule has 200 valence electrons. The van der Waals surface area contributed by atoms with E-state index in [4.69, 9.17) is 11.6 Å². The predicted molar refractivity (Wildman–Crippen MR) is 149 cm³/mol. The van der Waals surface area contributed by atoms with Crippen LogP contribution in [-0.4, -0.2) is 34.6 Å². The molecule has 0 unspecified atom stereocenters. The molecule has 3 aromatic carbocycles. The fourth-order valence-electron chi connectivity index (χ4n) is 4.73. The van der Waals surface area contributed by atoms with Gasteiger partial charge in [0.15, 0.2) is 0 Å². The van der Waals surface area contributed by atoms with E-state index < -0.39 is 17.7 Å². The molecular formula is C30H31ClF2N2O2S. The first-order valence-corrected chi connectivity index (χ1v) is 14.3. The Hall–Kier alpha value is -2.90. The van der Waals surface area contributed by atoms with E-state index in [0.29, 0.717) is 22.6 Å². The zero-order valence-corrected chi connectivity index (χ0v) is 22.6. The normalized spacial score (nSPS) is 14.3. The summed E-state index contributed by atoms with van der Waals surface area (Å²) in [6, 6.07) is 19.5. The largest absolute Gasteiger partial charge is 0.352 e. The Morgan fingerprint density at radius 2 is 1.63 bits per heavy atom. The van der Waals surface area contributed by atoms with Crippen molar-refractivity contribution in [2.75, 3.05) is 5.75 Å². The summed E-state index contributed by atoms with van der Waals surface area (Å²) in [5.74, 6) is -1.26. The third kappa shape index (κ3) is 7.58. The second kappa shape index (κ2) is 13.8. The summed E-state index contributed by atoms with van der Waals surface area (Å²) in [7, 11) is 0. The van der Waals surface area contributed by atoms with Gasteiger partial charge in [-0.05, 0) is 36.6 Å². The van der Waals surface area contributed by atoms with Gasteiger partial charge >= 0.3 is 0 Å². The van der Waals surface area contributed by atoms with Gasteiger partial charge in [-0.25, -0.2) is 8.78 Å². The Morgan fingerprint density at radius 1 is 0.947 bits per heavy atom. The number of carbonyl (C=O) groups is 2. The number of hydrogen-bond acceptors (Lipinski definition) is 3. The summed E-state index contributed by atoms with van der Waals surface area (Å²) in [6.45, 7) is -0.0535. The van der Waals surface area contributed by atoms with Crippen LogP contribution < -0.4 is 5.32 Å². The molecule has 0 bridgehead atoms. The molecule has 4 rings (SSSR count). The van der Waals surface area contributed by atoms with Gasteiger partial charge in [-0.2, -0.15) is 0 Å². The fourth-order valence-corrected chi connectivity index (χ4v) is 5.97. The van der Waals surface area contributed by atoms with Crippen molar-refractivity contribution < 1.29 is 18.4 Å². The molecule has 3 aromatic rings. The monoisotopic (exact) mass is 556 g/mol. The summed E-state index contributed by atoms with van der Waals surface area (Å²) < 4.78 is 28.9. The van der Waals surface area contributed by atoms with Crippen LogP contribution in [-0.2, 0) is 28.3 Å². The maximum absolute atomic E-state index is 14.7. The first kappa shape index (κ1) is 28.1. The molecule has 1 aliphatic rings. The highest BCUT2D eigenvalue weighted by Crippen LogP contribution is 2.25. The van der Waals surface area contributed by atoms with Crippen molar-refractivity contribution in [3.8, 4) is 0 Å². The summed E-state index contributed by atoms with van der Waals surface area (Å²) in [6.07, 6.45) is 4.22. The van der Waals surface area contributed by atoms with Crippen LogP contribution >= 0.6 is 23.4 Å². The number of nitrogens with one attached hydrogen (secondary N) is 1. The van der Waals surface area contributed by atoms with Crippen molar-refractivity contribution in [2.24, 2.45) is 0 Å². The van der Waals surface area contributed by atoms with Gasteiger partial charge in [-0.15, -0.1) is 11.8 Å². The third-order valence-corrected chi connectivity index (χ3v) is 8.10. The standard InChI is InChI=1S/C30H31ClF2N2O2S/c31-25-14-8-16-27(33)24(25)19-38-20-29(36)35(18-22-11-4-7-15-26(22)32)28(17-21-9-2-1-3-10-21)30(37)34-23-12-5-6-13-23/h1-4,7-11,14-16,23,28H,5-6,12-13,17-20H2,(H,34,37)/t28-/m0/s1. The smallest absolute Gasteiger partial charge is 0.243 e. The van der Waals surface area contributed by atoms with E-state index in [-0.39, 0.29) is 35.9 Å². The molecule has 8 heteroatoms. The van der Waals surface area contributed by atoms with Crippen LogP contribution in [0.5, 0.6) is 0 Å². The van der Waals surface area contributed by atoms with Gasteiger partial charge in [0.25, 0.3) is 0 Å². The highest BCUT2D eigenvalue weighted by molar-refractivity contribution is 7.99. The van der Waals surface area contributed by atoms with Crippen LogP contribution in [0.15, 0.2) is 72.8 Å². The molecule has 1 N–H and O–H groups in total. The van der Waals surface area contributed by atoms with Crippen molar-refractivity contribution in [1.82, 2.24) is 10.2 Å². The molecule has 4 nitrogen and oxygen atoms in total. The SMILES string of the molecule is O=C(NC1CCCC1)[C@H](Cc1ccccc1)N(Cc1ccccc1F)C(=O)CSCc1c(F)cccc1Cl. The van der Waals surface area contributed by atoms with Crippen molar-refractivity contribution in [2.45, 2.75) is 56.5 Å². The van der Waals surface area contributed by atoms with Crippen LogP contribution in [0.3, 0.4) is 0 Å². The van der Waals surface area contributed by atoms with Crippen molar-refractivity contribution in [3.05, 3.63) is 106 Å². The van der Waals surface area contributed by atoms with Gasteiger partial charge in [-0.3, -0.25) is 9.59 Å². The number of halogens is 3. The van der Waals surface area contributed by atoms with Crippen LogP contribution in [0.1, 0.15) is 42.4 Å². The Morgan fingerprint density at radius 3 is 2.34 bits per heavy atom. The average Bonchev–Trinajstić information content (AvgIpc) is 3.42. The predicted octanol–water partition coefficient (Wildman–Crippen LogP) is 6.55. The number of nitrogens with zero attached hydrogens (tertiary/aromatic N) is 1. The quantitative estimate of drug-likeness (QED) is 0.291. The Balaban J connectivity index is 1.59. The molecule has 0 aliphatic heterocycles. The molecule has 38 heavy (non-hydrogen) atoms. The van der Waals surface area contributed by atoms with Crippen molar-refractivity contribution in [1.29, 1.82) is 0 Å². The van der Waals surface area contributed by atoms with Gasteiger partial charge in [0.05, 0.1) is 5.75 Å². The van der Waals surface area contributed by atoms with Crippen LogP contribution in [0.25, 0.3) is 0 Å². The highest BCUT2D eigenvalue weighted by atomic mass is 35.5. The average molecular weight is 557 g/mol. The van der Waals surface area contributed by atoms with Gasteiger partial charge in [-0.1, -0.05) is 79.0 Å². The van der Waals surface area contributed by atoms with E-state index in [9.17, 15) is 18.4 Å². The zero-order chi connectivity index (χ0) is 26.9. The number of amides is 2.